The Balaban J connectivity index is 2.41. The summed E-state index contributed by atoms with van der Waals surface area (Å²) in [5, 5.41) is 0. The van der Waals surface area contributed by atoms with Gasteiger partial charge in [0, 0.05) is 0 Å². The fraction of sp³-hybridized carbons (Fsp3) is 0.263. The number of methoxy groups -OCH3 is 5. The SMILES string of the molecule is COc1cc(/C=C/c2cc(OC)c(OC)c(OC)c2)cc(Br)c1OC. The van der Waals surface area contributed by atoms with Crippen LogP contribution in [0.25, 0.3) is 12.2 Å². The van der Waals surface area contributed by atoms with Gasteiger partial charge in [-0.25, -0.2) is 0 Å². The average molecular weight is 409 g/mol. The highest BCUT2D eigenvalue weighted by Crippen LogP contribution is 2.39. The van der Waals surface area contributed by atoms with Crippen LogP contribution in [0.1, 0.15) is 11.1 Å². The summed E-state index contributed by atoms with van der Waals surface area (Å²) < 4.78 is 27.6. The zero-order valence-electron chi connectivity index (χ0n) is 14.9. The third-order valence-electron chi connectivity index (χ3n) is 3.61. The van der Waals surface area contributed by atoms with Gasteiger partial charge in [0.1, 0.15) is 0 Å². The Bertz CT molecular complexity index is 746. The predicted octanol–water partition coefficient (Wildman–Crippen LogP) is 4.66. The van der Waals surface area contributed by atoms with E-state index in [1.165, 1.54) is 0 Å². The first-order chi connectivity index (χ1) is 12.1. The van der Waals surface area contributed by atoms with Gasteiger partial charge in [0.25, 0.3) is 0 Å². The second kappa shape index (κ2) is 8.67. The predicted molar refractivity (Wildman–Crippen MR) is 102 cm³/mol. The Labute approximate surface area is 156 Å². The molecule has 0 N–H and O–H groups in total. The molecule has 2 aromatic rings. The summed E-state index contributed by atoms with van der Waals surface area (Å²) in [6.07, 6.45) is 3.92. The first kappa shape index (κ1) is 19.0. The van der Waals surface area contributed by atoms with Crippen molar-refractivity contribution in [2.24, 2.45) is 0 Å². The Morgan fingerprint density at radius 2 is 1.00 bits per heavy atom. The largest absolute Gasteiger partial charge is 0.493 e. The summed E-state index contributed by atoms with van der Waals surface area (Å²) in [4.78, 5) is 0. The monoisotopic (exact) mass is 408 g/mol. The van der Waals surface area contributed by atoms with Crippen LogP contribution in [0, 0.1) is 0 Å². The van der Waals surface area contributed by atoms with Crippen molar-refractivity contribution in [3.8, 4) is 28.7 Å². The van der Waals surface area contributed by atoms with Crippen molar-refractivity contribution >= 4 is 28.1 Å². The van der Waals surface area contributed by atoms with E-state index in [2.05, 4.69) is 15.9 Å². The van der Waals surface area contributed by atoms with Gasteiger partial charge in [0.2, 0.25) is 5.75 Å². The van der Waals surface area contributed by atoms with Crippen LogP contribution >= 0.6 is 15.9 Å². The van der Waals surface area contributed by atoms with Crippen molar-refractivity contribution < 1.29 is 23.7 Å². The second-order valence-electron chi connectivity index (χ2n) is 5.03. The molecular weight excluding hydrogens is 388 g/mol. The Kier molecular flexibility index (Phi) is 6.58. The number of halogens is 1. The molecular formula is C19H21BrO5. The van der Waals surface area contributed by atoms with Crippen LogP contribution < -0.4 is 23.7 Å². The first-order valence-electron chi connectivity index (χ1n) is 7.47. The molecule has 0 heterocycles. The fourth-order valence-electron chi connectivity index (χ4n) is 2.42. The molecule has 0 aliphatic rings. The van der Waals surface area contributed by atoms with Crippen LogP contribution in [0.15, 0.2) is 28.7 Å². The number of ether oxygens (including phenoxy) is 5. The highest BCUT2D eigenvalue weighted by atomic mass is 79.9. The number of benzene rings is 2. The minimum absolute atomic E-state index is 0.566. The van der Waals surface area contributed by atoms with Crippen LogP contribution in [-0.4, -0.2) is 35.5 Å². The molecule has 0 bridgehead atoms. The smallest absolute Gasteiger partial charge is 0.203 e. The van der Waals surface area contributed by atoms with Crippen LogP contribution in [0.3, 0.4) is 0 Å². The lowest BCUT2D eigenvalue weighted by molar-refractivity contribution is 0.324. The molecule has 0 amide bonds. The summed E-state index contributed by atoms with van der Waals surface area (Å²) >= 11 is 3.49. The third-order valence-corrected chi connectivity index (χ3v) is 4.20. The van der Waals surface area contributed by atoms with E-state index < -0.39 is 0 Å². The Morgan fingerprint density at radius 3 is 1.40 bits per heavy atom. The summed E-state index contributed by atoms with van der Waals surface area (Å²) in [6, 6.07) is 7.62. The molecule has 5 nitrogen and oxygen atoms in total. The lowest BCUT2D eigenvalue weighted by Gasteiger charge is -2.13. The van der Waals surface area contributed by atoms with Crippen LogP contribution in [0.4, 0.5) is 0 Å². The third kappa shape index (κ3) is 4.20. The second-order valence-corrected chi connectivity index (χ2v) is 5.88. The van der Waals surface area contributed by atoms with E-state index in [1.807, 2.05) is 36.4 Å². The van der Waals surface area contributed by atoms with Gasteiger partial charge in [-0.2, -0.15) is 0 Å². The standard InChI is InChI=1S/C19H21BrO5/c1-21-15-9-12(8-14(20)18(15)24-4)6-7-13-10-16(22-2)19(25-5)17(11-13)23-3/h6-11H,1-5H3/b7-6+. The molecule has 2 aromatic carbocycles. The lowest BCUT2D eigenvalue weighted by Crippen LogP contribution is -1.95. The van der Waals surface area contributed by atoms with Gasteiger partial charge in [0.15, 0.2) is 23.0 Å². The van der Waals surface area contributed by atoms with Gasteiger partial charge < -0.3 is 23.7 Å². The van der Waals surface area contributed by atoms with Gasteiger partial charge in [-0.15, -0.1) is 0 Å². The molecule has 0 spiro atoms. The van der Waals surface area contributed by atoms with E-state index in [4.69, 9.17) is 23.7 Å². The number of rotatable bonds is 7. The van der Waals surface area contributed by atoms with Crippen LogP contribution in [0.5, 0.6) is 28.7 Å². The van der Waals surface area contributed by atoms with Crippen LogP contribution in [-0.2, 0) is 0 Å². The molecule has 2 rings (SSSR count). The van der Waals surface area contributed by atoms with E-state index in [0.717, 1.165) is 15.6 Å². The van der Waals surface area contributed by atoms with Gasteiger partial charge in [0.05, 0.1) is 40.0 Å². The molecule has 0 radical (unpaired) electrons. The maximum absolute atomic E-state index is 5.37. The minimum atomic E-state index is 0.566. The van der Waals surface area contributed by atoms with E-state index in [1.54, 1.807) is 35.5 Å². The zero-order chi connectivity index (χ0) is 18.4. The van der Waals surface area contributed by atoms with Gasteiger partial charge in [-0.3, -0.25) is 0 Å². The highest BCUT2D eigenvalue weighted by molar-refractivity contribution is 9.10. The first-order valence-corrected chi connectivity index (χ1v) is 8.26. The molecule has 0 saturated carbocycles. The molecule has 0 aliphatic carbocycles. The van der Waals surface area contributed by atoms with Crippen molar-refractivity contribution in [1.82, 2.24) is 0 Å². The Morgan fingerprint density at radius 1 is 0.600 bits per heavy atom. The minimum Gasteiger partial charge on any atom is -0.493 e. The Hall–Kier alpha value is -2.34. The fourth-order valence-corrected chi connectivity index (χ4v) is 3.05. The van der Waals surface area contributed by atoms with Gasteiger partial charge in [-0.1, -0.05) is 12.2 Å². The topological polar surface area (TPSA) is 46.2 Å². The van der Waals surface area contributed by atoms with Crippen molar-refractivity contribution in [1.29, 1.82) is 0 Å². The maximum atomic E-state index is 5.37. The molecule has 134 valence electrons. The number of hydrogen-bond acceptors (Lipinski definition) is 5. The normalized spacial score (nSPS) is 10.6. The average Bonchev–Trinajstić information content (AvgIpc) is 2.64. The van der Waals surface area contributed by atoms with E-state index in [-0.39, 0.29) is 0 Å². The zero-order valence-corrected chi connectivity index (χ0v) is 16.5. The maximum Gasteiger partial charge on any atom is 0.203 e. The quantitative estimate of drug-likeness (QED) is 0.623. The van der Waals surface area contributed by atoms with E-state index in [9.17, 15) is 0 Å². The molecule has 0 aliphatic heterocycles. The van der Waals surface area contributed by atoms with Crippen molar-refractivity contribution in [2.75, 3.05) is 35.5 Å². The molecule has 0 aromatic heterocycles. The molecule has 6 heteroatoms. The van der Waals surface area contributed by atoms with Crippen molar-refractivity contribution in [3.63, 3.8) is 0 Å². The van der Waals surface area contributed by atoms with Crippen molar-refractivity contribution in [2.45, 2.75) is 0 Å². The summed E-state index contributed by atoms with van der Waals surface area (Å²) in [5.41, 5.74) is 1.87. The molecule has 0 fully saturated rings. The van der Waals surface area contributed by atoms with Gasteiger partial charge in [-0.05, 0) is 51.3 Å². The molecule has 0 atom stereocenters. The lowest BCUT2D eigenvalue weighted by atomic mass is 10.1. The molecule has 25 heavy (non-hydrogen) atoms. The molecule has 0 saturated heterocycles. The molecule has 0 unspecified atom stereocenters. The van der Waals surface area contributed by atoms with Crippen molar-refractivity contribution in [3.05, 3.63) is 39.9 Å². The van der Waals surface area contributed by atoms with Crippen LogP contribution in [0.2, 0.25) is 0 Å². The summed E-state index contributed by atoms with van der Waals surface area (Å²) in [5.74, 6) is 3.09. The number of hydrogen-bond donors (Lipinski definition) is 0. The van der Waals surface area contributed by atoms with E-state index in [0.29, 0.717) is 28.7 Å². The summed E-state index contributed by atoms with van der Waals surface area (Å²) in [7, 11) is 7.98. The summed E-state index contributed by atoms with van der Waals surface area (Å²) in [6.45, 7) is 0. The van der Waals surface area contributed by atoms with E-state index >= 15 is 0 Å². The van der Waals surface area contributed by atoms with Gasteiger partial charge >= 0.3 is 0 Å². The highest BCUT2D eigenvalue weighted by Gasteiger charge is 2.12.